The van der Waals surface area contributed by atoms with Crippen molar-refractivity contribution in [2.24, 2.45) is 5.92 Å². The number of aliphatic hydroxyl groups is 2. The molecule has 2 heterocycles. The molecule has 1 aromatic rings. The number of rotatable bonds is 3. The molecule has 0 saturated carbocycles. The van der Waals surface area contributed by atoms with Gasteiger partial charge in [-0.15, -0.1) is 0 Å². The number of likely N-dealkylation sites (tertiary alicyclic amines) is 1. The lowest BCUT2D eigenvalue weighted by Crippen LogP contribution is -2.58. The van der Waals surface area contributed by atoms with Crippen molar-refractivity contribution in [3.8, 4) is 0 Å². The van der Waals surface area contributed by atoms with Gasteiger partial charge in [-0.3, -0.25) is 10.00 Å². The second kappa shape index (κ2) is 6.26. The molecule has 0 bridgehead atoms. The molecule has 7 nitrogen and oxygen atoms in total. The van der Waals surface area contributed by atoms with Crippen LogP contribution in [-0.2, 0) is 10.3 Å². The van der Waals surface area contributed by atoms with Gasteiger partial charge in [0.1, 0.15) is 11.1 Å². The molecule has 2 atom stereocenters. The standard InChI is InChI=1S/C15H25N3O4/c1-14(2,3)22-13(21)18-7-5-11(9-19)8-15(18,10-20)12-4-6-16-17-12/h4,6,11,19-20H,5,7-10H2,1-3H3,(H,16,17). The lowest BCUT2D eigenvalue weighted by Gasteiger charge is -2.47. The molecule has 0 radical (unpaired) electrons. The molecule has 22 heavy (non-hydrogen) atoms. The number of aromatic amines is 1. The fourth-order valence-electron chi connectivity index (χ4n) is 2.95. The van der Waals surface area contributed by atoms with Crippen molar-refractivity contribution in [1.29, 1.82) is 0 Å². The van der Waals surface area contributed by atoms with Gasteiger partial charge >= 0.3 is 6.09 Å². The van der Waals surface area contributed by atoms with E-state index in [2.05, 4.69) is 10.2 Å². The molecule has 0 aromatic carbocycles. The topological polar surface area (TPSA) is 98.7 Å². The second-order valence-electron chi connectivity index (χ2n) is 6.82. The first-order valence-electron chi connectivity index (χ1n) is 7.55. The predicted molar refractivity (Wildman–Crippen MR) is 80.1 cm³/mol. The van der Waals surface area contributed by atoms with Crippen molar-refractivity contribution in [3.63, 3.8) is 0 Å². The normalized spacial score (nSPS) is 26.0. The van der Waals surface area contributed by atoms with Crippen LogP contribution in [0.1, 0.15) is 39.3 Å². The van der Waals surface area contributed by atoms with Crippen LogP contribution in [0.4, 0.5) is 4.79 Å². The molecule has 2 unspecified atom stereocenters. The fraction of sp³-hybridized carbons (Fsp3) is 0.733. The van der Waals surface area contributed by atoms with E-state index in [4.69, 9.17) is 4.74 Å². The Morgan fingerprint density at radius 2 is 2.27 bits per heavy atom. The molecule has 2 rings (SSSR count). The third-order valence-electron chi connectivity index (χ3n) is 4.02. The van der Waals surface area contributed by atoms with Crippen LogP contribution in [0.5, 0.6) is 0 Å². The van der Waals surface area contributed by atoms with Gasteiger partial charge in [0.2, 0.25) is 0 Å². The molecule has 1 aromatic heterocycles. The minimum absolute atomic E-state index is 0.0162. The molecule has 124 valence electrons. The van der Waals surface area contributed by atoms with Crippen LogP contribution in [0.2, 0.25) is 0 Å². The summed E-state index contributed by atoms with van der Waals surface area (Å²) < 4.78 is 5.48. The van der Waals surface area contributed by atoms with Gasteiger partial charge in [0.15, 0.2) is 0 Å². The smallest absolute Gasteiger partial charge is 0.411 e. The monoisotopic (exact) mass is 311 g/mol. The van der Waals surface area contributed by atoms with Gasteiger partial charge in [-0.1, -0.05) is 0 Å². The summed E-state index contributed by atoms with van der Waals surface area (Å²) in [5.74, 6) is 0.0162. The van der Waals surface area contributed by atoms with Gasteiger partial charge in [0.25, 0.3) is 0 Å². The van der Waals surface area contributed by atoms with Crippen LogP contribution in [0, 0.1) is 5.92 Å². The number of H-pyrrole nitrogens is 1. The zero-order chi connectivity index (χ0) is 16.4. The van der Waals surface area contributed by atoms with Crippen LogP contribution in [-0.4, -0.2) is 56.8 Å². The molecular weight excluding hydrogens is 286 g/mol. The van der Waals surface area contributed by atoms with Gasteiger partial charge in [-0.25, -0.2) is 4.79 Å². The Hall–Kier alpha value is -1.60. The second-order valence-corrected chi connectivity index (χ2v) is 6.82. The Morgan fingerprint density at radius 3 is 2.77 bits per heavy atom. The number of carbonyl (C=O) groups excluding carboxylic acids is 1. The van der Waals surface area contributed by atoms with Crippen LogP contribution in [0.3, 0.4) is 0 Å². The maximum Gasteiger partial charge on any atom is 0.411 e. The van der Waals surface area contributed by atoms with E-state index in [-0.39, 0.29) is 19.1 Å². The lowest BCUT2D eigenvalue weighted by atomic mass is 9.79. The van der Waals surface area contributed by atoms with Gasteiger partial charge in [-0.2, -0.15) is 5.10 Å². The number of piperidine rings is 1. The van der Waals surface area contributed by atoms with Crippen LogP contribution in [0.15, 0.2) is 12.3 Å². The largest absolute Gasteiger partial charge is 0.444 e. The first-order chi connectivity index (χ1) is 10.3. The van der Waals surface area contributed by atoms with E-state index in [1.54, 1.807) is 37.9 Å². The van der Waals surface area contributed by atoms with Crippen molar-refractivity contribution in [1.82, 2.24) is 15.1 Å². The zero-order valence-corrected chi connectivity index (χ0v) is 13.4. The highest BCUT2D eigenvalue weighted by molar-refractivity contribution is 5.69. The van der Waals surface area contributed by atoms with E-state index in [9.17, 15) is 15.0 Å². The summed E-state index contributed by atoms with van der Waals surface area (Å²) in [6.07, 6.45) is 2.30. The molecule has 1 fully saturated rings. The van der Waals surface area contributed by atoms with Gasteiger partial charge in [0.05, 0.1) is 12.3 Å². The summed E-state index contributed by atoms with van der Waals surface area (Å²) >= 11 is 0. The number of aliphatic hydroxyl groups excluding tert-OH is 2. The summed E-state index contributed by atoms with van der Waals surface area (Å²) in [7, 11) is 0. The molecule has 1 saturated heterocycles. The summed E-state index contributed by atoms with van der Waals surface area (Å²) in [6, 6.07) is 1.74. The molecule has 0 spiro atoms. The summed E-state index contributed by atoms with van der Waals surface area (Å²) in [5, 5.41) is 26.4. The minimum Gasteiger partial charge on any atom is -0.444 e. The maximum atomic E-state index is 12.6. The van der Waals surface area contributed by atoms with Gasteiger partial charge in [0, 0.05) is 19.3 Å². The number of hydrogen-bond donors (Lipinski definition) is 3. The first kappa shape index (κ1) is 16.8. The number of nitrogens with one attached hydrogen (secondary N) is 1. The van der Waals surface area contributed by atoms with Gasteiger partial charge < -0.3 is 14.9 Å². The Morgan fingerprint density at radius 1 is 1.55 bits per heavy atom. The number of aromatic nitrogens is 2. The van der Waals surface area contributed by atoms with E-state index in [1.165, 1.54) is 0 Å². The van der Waals surface area contributed by atoms with Crippen molar-refractivity contribution >= 4 is 6.09 Å². The van der Waals surface area contributed by atoms with Crippen molar-refractivity contribution in [2.75, 3.05) is 19.8 Å². The molecule has 0 aliphatic carbocycles. The molecular formula is C15H25N3O4. The van der Waals surface area contributed by atoms with Gasteiger partial charge in [-0.05, 0) is 45.6 Å². The highest BCUT2D eigenvalue weighted by Crippen LogP contribution is 2.39. The SMILES string of the molecule is CC(C)(C)OC(=O)N1CCC(CO)CC1(CO)c1cc[nH]n1. The summed E-state index contributed by atoms with van der Waals surface area (Å²) in [6.45, 7) is 5.58. The van der Waals surface area contributed by atoms with E-state index in [0.29, 0.717) is 25.1 Å². The summed E-state index contributed by atoms with van der Waals surface area (Å²) in [5.41, 5.74) is -0.995. The number of hydrogen-bond acceptors (Lipinski definition) is 5. The minimum atomic E-state index is -0.964. The molecule has 1 aliphatic heterocycles. The average molecular weight is 311 g/mol. The maximum absolute atomic E-state index is 12.6. The Bertz CT molecular complexity index is 497. The van der Waals surface area contributed by atoms with Crippen molar-refractivity contribution < 1.29 is 19.7 Å². The van der Waals surface area contributed by atoms with Crippen LogP contribution in [0.25, 0.3) is 0 Å². The lowest BCUT2D eigenvalue weighted by molar-refractivity contribution is -0.0548. The van der Waals surface area contributed by atoms with E-state index >= 15 is 0 Å². The van der Waals surface area contributed by atoms with Crippen LogP contribution >= 0.6 is 0 Å². The number of nitrogens with zero attached hydrogens (tertiary/aromatic N) is 2. The number of ether oxygens (including phenoxy) is 1. The first-order valence-corrected chi connectivity index (χ1v) is 7.55. The molecule has 3 N–H and O–H groups in total. The Labute approximate surface area is 130 Å². The average Bonchev–Trinajstić information content (AvgIpc) is 2.99. The third-order valence-corrected chi connectivity index (χ3v) is 4.02. The number of carbonyl (C=O) groups is 1. The van der Waals surface area contributed by atoms with E-state index in [0.717, 1.165) is 0 Å². The van der Waals surface area contributed by atoms with Crippen molar-refractivity contribution in [3.05, 3.63) is 18.0 Å². The summed E-state index contributed by atoms with van der Waals surface area (Å²) in [4.78, 5) is 14.1. The Kier molecular flexibility index (Phi) is 4.77. The third kappa shape index (κ3) is 3.25. The molecule has 7 heteroatoms. The van der Waals surface area contributed by atoms with E-state index < -0.39 is 17.2 Å². The quantitative estimate of drug-likeness (QED) is 0.780. The highest BCUT2D eigenvalue weighted by Gasteiger charge is 2.48. The number of amides is 1. The van der Waals surface area contributed by atoms with E-state index in [1.807, 2.05) is 0 Å². The Balaban J connectivity index is 2.35. The van der Waals surface area contributed by atoms with Crippen LogP contribution < -0.4 is 0 Å². The fourth-order valence-corrected chi connectivity index (χ4v) is 2.95. The highest BCUT2D eigenvalue weighted by atomic mass is 16.6. The van der Waals surface area contributed by atoms with Crippen molar-refractivity contribution in [2.45, 2.75) is 44.8 Å². The predicted octanol–water partition coefficient (Wildman–Crippen LogP) is 1.24. The molecule has 1 aliphatic rings. The zero-order valence-electron chi connectivity index (χ0n) is 13.4. The molecule has 1 amide bonds.